The van der Waals surface area contributed by atoms with Gasteiger partial charge in [0.1, 0.15) is 5.69 Å². The molecule has 0 aliphatic rings. The Kier molecular flexibility index (Phi) is 4.87. The van der Waals surface area contributed by atoms with Gasteiger partial charge in [-0.1, -0.05) is 34.4 Å². The lowest BCUT2D eigenvalue weighted by molar-refractivity contribution is 0.0602. The van der Waals surface area contributed by atoms with Crippen molar-refractivity contribution in [3.8, 4) is 11.3 Å². The second kappa shape index (κ2) is 7.08. The van der Waals surface area contributed by atoms with Gasteiger partial charge in [0.25, 0.3) is 0 Å². The first-order chi connectivity index (χ1) is 12.0. The number of anilines is 2. The predicted molar refractivity (Wildman–Crippen MR) is 93.4 cm³/mol. The van der Waals surface area contributed by atoms with Crippen molar-refractivity contribution in [1.29, 1.82) is 0 Å². The zero-order valence-electron chi connectivity index (χ0n) is 13.2. The number of hydrogen-bond acceptors (Lipinski definition) is 7. The molecule has 1 aromatic carbocycles. The van der Waals surface area contributed by atoms with Crippen LogP contribution in [0.2, 0.25) is 10.0 Å². The third-order valence-electron chi connectivity index (χ3n) is 3.32. The third-order valence-corrected chi connectivity index (χ3v) is 3.95. The van der Waals surface area contributed by atoms with Gasteiger partial charge in [0.05, 0.1) is 22.8 Å². The van der Waals surface area contributed by atoms with E-state index in [9.17, 15) is 4.79 Å². The number of carbonyl (C=O) groups is 1. The van der Waals surface area contributed by atoms with E-state index in [-0.39, 0.29) is 17.1 Å². The highest BCUT2D eigenvalue weighted by atomic mass is 35.5. The number of aromatic nitrogens is 3. The first kappa shape index (κ1) is 17.2. The fourth-order valence-electron chi connectivity index (χ4n) is 2.14. The predicted octanol–water partition coefficient (Wildman–Crippen LogP) is 4.28. The summed E-state index contributed by atoms with van der Waals surface area (Å²) in [6.45, 7) is 1.81. The molecule has 0 bridgehead atoms. The lowest BCUT2D eigenvalue weighted by Gasteiger charge is -2.06. The quantitative estimate of drug-likeness (QED) is 0.677. The molecule has 0 saturated heterocycles. The molecule has 2 heterocycles. The Balaban J connectivity index is 2.10. The number of nitrogens with zero attached hydrogens (tertiary/aromatic N) is 3. The Morgan fingerprint density at radius 1 is 1.16 bits per heavy atom. The van der Waals surface area contributed by atoms with Crippen molar-refractivity contribution in [2.24, 2.45) is 0 Å². The highest BCUT2D eigenvalue weighted by Crippen LogP contribution is 2.39. The molecule has 9 heteroatoms. The van der Waals surface area contributed by atoms with Crippen LogP contribution in [-0.4, -0.2) is 28.4 Å². The number of aryl methyl sites for hydroxylation is 1. The number of ether oxygens (including phenoxy) is 1. The van der Waals surface area contributed by atoms with Gasteiger partial charge in [-0.3, -0.25) is 0 Å². The highest BCUT2D eigenvalue weighted by molar-refractivity contribution is 6.39. The maximum Gasteiger partial charge on any atom is 0.345 e. The third kappa shape index (κ3) is 3.42. The second-order valence-electron chi connectivity index (χ2n) is 5.01. The van der Waals surface area contributed by atoms with Crippen LogP contribution in [0, 0.1) is 6.92 Å². The van der Waals surface area contributed by atoms with Crippen LogP contribution in [0.25, 0.3) is 11.3 Å². The largest absolute Gasteiger partial charge is 0.465 e. The maximum absolute atomic E-state index is 12.3. The molecular formula is C16H12Cl2N4O3. The number of carbonyl (C=O) groups excluding carboxylic acids is 1. The Labute approximate surface area is 152 Å². The highest BCUT2D eigenvalue weighted by Gasteiger charge is 2.28. The summed E-state index contributed by atoms with van der Waals surface area (Å²) in [5.74, 6) is -0.227. The van der Waals surface area contributed by atoms with Crippen molar-refractivity contribution in [3.63, 3.8) is 0 Å². The molecule has 0 atom stereocenters. The Morgan fingerprint density at radius 2 is 1.88 bits per heavy atom. The molecule has 0 aliphatic carbocycles. The molecule has 0 radical (unpaired) electrons. The first-order valence-electron chi connectivity index (χ1n) is 7.11. The Morgan fingerprint density at radius 3 is 2.48 bits per heavy atom. The molecule has 25 heavy (non-hydrogen) atoms. The van der Waals surface area contributed by atoms with E-state index in [0.717, 1.165) is 5.69 Å². The van der Waals surface area contributed by atoms with Crippen molar-refractivity contribution >= 4 is 40.9 Å². The monoisotopic (exact) mass is 378 g/mol. The molecular weight excluding hydrogens is 367 g/mol. The molecule has 0 spiro atoms. The number of methoxy groups -OCH3 is 1. The molecule has 0 fully saturated rings. The minimum Gasteiger partial charge on any atom is -0.465 e. The van der Waals surface area contributed by atoms with Crippen molar-refractivity contribution < 1.29 is 14.1 Å². The van der Waals surface area contributed by atoms with Gasteiger partial charge in [-0.05, 0) is 31.2 Å². The summed E-state index contributed by atoms with van der Waals surface area (Å²) in [6.07, 6.45) is 0. The van der Waals surface area contributed by atoms with Gasteiger partial charge in [-0.15, -0.1) is 5.10 Å². The number of nitrogens with one attached hydrogen (secondary N) is 1. The molecule has 128 valence electrons. The van der Waals surface area contributed by atoms with Crippen LogP contribution in [0.4, 0.5) is 11.7 Å². The molecule has 3 rings (SSSR count). The van der Waals surface area contributed by atoms with Gasteiger partial charge >= 0.3 is 5.97 Å². The van der Waals surface area contributed by atoms with Crippen LogP contribution < -0.4 is 5.32 Å². The minimum atomic E-state index is -0.658. The summed E-state index contributed by atoms with van der Waals surface area (Å²) in [4.78, 5) is 12.3. The summed E-state index contributed by atoms with van der Waals surface area (Å²) in [5.41, 5.74) is 1.35. The van der Waals surface area contributed by atoms with E-state index < -0.39 is 5.97 Å². The Bertz CT molecular complexity index is 905. The number of esters is 1. The van der Waals surface area contributed by atoms with E-state index >= 15 is 0 Å². The fraction of sp³-hybridized carbons (Fsp3) is 0.125. The number of hydrogen-bond donors (Lipinski definition) is 1. The first-order valence-corrected chi connectivity index (χ1v) is 7.86. The molecule has 1 N–H and O–H groups in total. The summed E-state index contributed by atoms with van der Waals surface area (Å²) >= 11 is 12.4. The second-order valence-corrected chi connectivity index (χ2v) is 5.82. The van der Waals surface area contributed by atoms with Gasteiger partial charge in [0, 0.05) is 5.56 Å². The van der Waals surface area contributed by atoms with Crippen LogP contribution >= 0.6 is 23.2 Å². The SMILES string of the molecule is COC(=O)c1c(-c2c(Cl)cccc2Cl)noc1Nc1ccc(C)nn1. The van der Waals surface area contributed by atoms with Crippen LogP contribution in [0.1, 0.15) is 16.1 Å². The lowest BCUT2D eigenvalue weighted by Crippen LogP contribution is -2.06. The average molecular weight is 379 g/mol. The van der Waals surface area contributed by atoms with Crippen molar-refractivity contribution in [2.75, 3.05) is 12.4 Å². The molecule has 7 nitrogen and oxygen atoms in total. The van der Waals surface area contributed by atoms with E-state index in [4.69, 9.17) is 32.5 Å². The van der Waals surface area contributed by atoms with Crippen LogP contribution in [0.15, 0.2) is 34.9 Å². The van der Waals surface area contributed by atoms with Crippen molar-refractivity contribution in [2.45, 2.75) is 6.92 Å². The average Bonchev–Trinajstić information content (AvgIpc) is 2.99. The van der Waals surface area contributed by atoms with Crippen LogP contribution in [0.5, 0.6) is 0 Å². The molecule has 0 aliphatic heterocycles. The topological polar surface area (TPSA) is 90.1 Å². The van der Waals surface area contributed by atoms with Gasteiger partial charge < -0.3 is 14.6 Å². The van der Waals surface area contributed by atoms with Gasteiger partial charge in [0.15, 0.2) is 11.4 Å². The Hall–Kier alpha value is -2.64. The van der Waals surface area contributed by atoms with Crippen molar-refractivity contribution in [3.05, 3.63) is 51.6 Å². The molecule has 2 aromatic heterocycles. The van der Waals surface area contributed by atoms with Crippen LogP contribution in [-0.2, 0) is 4.74 Å². The molecule has 0 saturated carbocycles. The van der Waals surface area contributed by atoms with Gasteiger partial charge in [0.2, 0.25) is 5.88 Å². The van der Waals surface area contributed by atoms with Gasteiger partial charge in [-0.25, -0.2) is 4.79 Å². The van der Waals surface area contributed by atoms with E-state index in [1.807, 2.05) is 6.92 Å². The smallest absolute Gasteiger partial charge is 0.345 e. The minimum absolute atomic E-state index is 0.0518. The maximum atomic E-state index is 12.3. The zero-order chi connectivity index (χ0) is 18.0. The van der Waals surface area contributed by atoms with E-state index in [1.165, 1.54) is 7.11 Å². The van der Waals surface area contributed by atoms with E-state index in [2.05, 4.69) is 20.7 Å². The summed E-state index contributed by atoms with van der Waals surface area (Å²) in [7, 11) is 1.25. The summed E-state index contributed by atoms with van der Waals surface area (Å²) < 4.78 is 10.1. The molecule has 0 unspecified atom stereocenters. The number of halogens is 2. The standard InChI is InChI=1S/C16H12Cl2N4O3/c1-8-6-7-11(21-20-8)19-15-13(16(23)24-2)14(22-25-15)12-9(17)4-3-5-10(12)18/h3-7H,1-2H3,(H,19,21). The van der Waals surface area contributed by atoms with Crippen LogP contribution in [0.3, 0.4) is 0 Å². The van der Waals surface area contributed by atoms with E-state index in [1.54, 1.807) is 30.3 Å². The normalized spacial score (nSPS) is 10.6. The molecule has 0 amide bonds. The fourth-order valence-corrected chi connectivity index (χ4v) is 2.72. The number of benzene rings is 1. The summed E-state index contributed by atoms with van der Waals surface area (Å²) in [5, 5.41) is 15.3. The lowest BCUT2D eigenvalue weighted by atomic mass is 10.1. The summed E-state index contributed by atoms with van der Waals surface area (Å²) in [6, 6.07) is 8.41. The van der Waals surface area contributed by atoms with E-state index in [0.29, 0.717) is 21.4 Å². The molecule has 3 aromatic rings. The zero-order valence-corrected chi connectivity index (χ0v) is 14.7. The number of rotatable bonds is 4. The van der Waals surface area contributed by atoms with Gasteiger partial charge in [-0.2, -0.15) is 5.10 Å². The van der Waals surface area contributed by atoms with Crippen molar-refractivity contribution in [1.82, 2.24) is 15.4 Å².